The molecule has 0 rings (SSSR count). The number of carbonyl (C=O) groups is 1. The lowest BCUT2D eigenvalue weighted by Gasteiger charge is -2.07. The van der Waals surface area contributed by atoms with Crippen molar-refractivity contribution >= 4 is 29.2 Å². The SMILES string of the molecule is CCC(Cl)CC(Cl)C(=O)O. The molecule has 0 saturated carbocycles. The zero-order valence-corrected chi connectivity index (χ0v) is 7.19. The molecule has 0 aliphatic carbocycles. The standard InChI is InChI=1S/C6H10Cl2O2/c1-2-4(7)3-5(8)6(9)10/h4-5H,2-3H2,1H3,(H,9,10). The van der Waals surface area contributed by atoms with Crippen molar-refractivity contribution in [3.63, 3.8) is 0 Å². The fourth-order valence-corrected chi connectivity index (χ4v) is 0.976. The molecule has 2 atom stereocenters. The molecule has 0 aliphatic heterocycles. The Balaban J connectivity index is 3.56. The summed E-state index contributed by atoms with van der Waals surface area (Å²) in [7, 11) is 0. The maximum absolute atomic E-state index is 10.2. The highest BCUT2D eigenvalue weighted by molar-refractivity contribution is 6.30. The van der Waals surface area contributed by atoms with Gasteiger partial charge in [-0.25, -0.2) is 0 Å². The van der Waals surface area contributed by atoms with Crippen molar-refractivity contribution in [2.24, 2.45) is 0 Å². The van der Waals surface area contributed by atoms with Gasteiger partial charge in [0.2, 0.25) is 0 Å². The molecular weight excluding hydrogens is 175 g/mol. The van der Waals surface area contributed by atoms with Crippen LogP contribution in [0, 0.1) is 0 Å². The molecule has 0 aromatic rings. The third kappa shape index (κ3) is 3.96. The molecule has 0 heterocycles. The van der Waals surface area contributed by atoms with Gasteiger partial charge in [-0.3, -0.25) is 4.79 Å². The molecule has 0 spiro atoms. The Morgan fingerprint density at radius 3 is 2.40 bits per heavy atom. The first-order valence-electron chi connectivity index (χ1n) is 3.08. The van der Waals surface area contributed by atoms with Gasteiger partial charge < -0.3 is 5.11 Å². The Hall–Kier alpha value is 0.0500. The van der Waals surface area contributed by atoms with E-state index >= 15 is 0 Å². The Bertz CT molecular complexity index is 116. The highest BCUT2D eigenvalue weighted by Gasteiger charge is 2.16. The topological polar surface area (TPSA) is 37.3 Å². The Kier molecular flexibility index (Phi) is 4.83. The second-order valence-electron chi connectivity index (χ2n) is 2.05. The molecule has 10 heavy (non-hydrogen) atoms. The van der Waals surface area contributed by atoms with Crippen molar-refractivity contribution < 1.29 is 9.90 Å². The fraction of sp³-hybridized carbons (Fsp3) is 0.833. The van der Waals surface area contributed by atoms with Crippen LogP contribution in [0.4, 0.5) is 0 Å². The van der Waals surface area contributed by atoms with E-state index in [-0.39, 0.29) is 5.38 Å². The smallest absolute Gasteiger partial charge is 0.321 e. The summed E-state index contributed by atoms with van der Waals surface area (Å²) in [6, 6.07) is 0. The monoisotopic (exact) mass is 184 g/mol. The largest absolute Gasteiger partial charge is 0.480 e. The van der Waals surface area contributed by atoms with Crippen LogP contribution >= 0.6 is 23.2 Å². The molecule has 60 valence electrons. The van der Waals surface area contributed by atoms with Crippen LogP contribution in [-0.2, 0) is 4.79 Å². The summed E-state index contributed by atoms with van der Waals surface area (Å²) in [6.07, 6.45) is 1.08. The molecule has 0 saturated heterocycles. The first-order chi connectivity index (χ1) is 4.57. The van der Waals surface area contributed by atoms with Crippen molar-refractivity contribution in [2.75, 3.05) is 0 Å². The number of rotatable bonds is 4. The van der Waals surface area contributed by atoms with E-state index in [1.165, 1.54) is 0 Å². The Labute approximate surface area is 70.1 Å². The lowest BCUT2D eigenvalue weighted by atomic mass is 10.2. The van der Waals surface area contributed by atoms with Crippen molar-refractivity contribution in [1.29, 1.82) is 0 Å². The third-order valence-electron chi connectivity index (χ3n) is 1.17. The highest BCUT2D eigenvalue weighted by atomic mass is 35.5. The van der Waals surface area contributed by atoms with Gasteiger partial charge in [-0.1, -0.05) is 6.92 Å². The van der Waals surface area contributed by atoms with Crippen LogP contribution < -0.4 is 0 Å². The number of hydrogen-bond acceptors (Lipinski definition) is 1. The summed E-state index contributed by atoms with van der Waals surface area (Å²) in [4.78, 5) is 10.2. The molecule has 0 fully saturated rings. The van der Waals surface area contributed by atoms with Crippen molar-refractivity contribution in [2.45, 2.75) is 30.5 Å². The van der Waals surface area contributed by atoms with E-state index in [1.807, 2.05) is 6.92 Å². The normalized spacial score (nSPS) is 16.3. The van der Waals surface area contributed by atoms with Crippen LogP contribution in [0.5, 0.6) is 0 Å². The Morgan fingerprint density at radius 1 is 1.60 bits per heavy atom. The molecule has 1 N–H and O–H groups in total. The predicted octanol–water partition coefficient (Wildman–Crippen LogP) is 2.09. The fourth-order valence-electron chi connectivity index (χ4n) is 0.492. The highest BCUT2D eigenvalue weighted by Crippen LogP contribution is 2.13. The zero-order chi connectivity index (χ0) is 8.15. The van der Waals surface area contributed by atoms with Gasteiger partial charge in [-0.05, 0) is 12.8 Å². The van der Waals surface area contributed by atoms with Gasteiger partial charge in [-0.2, -0.15) is 0 Å². The van der Waals surface area contributed by atoms with Crippen LogP contribution in [0.2, 0.25) is 0 Å². The van der Waals surface area contributed by atoms with Crippen molar-refractivity contribution in [1.82, 2.24) is 0 Å². The molecule has 0 bridgehead atoms. The second kappa shape index (κ2) is 4.80. The summed E-state index contributed by atoms with van der Waals surface area (Å²) in [5.74, 6) is -0.999. The molecule has 0 aromatic heterocycles. The quantitative estimate of drug-likeness (QED) is 0.680. The molecular formula is C6H10Cl2O2. The van der Waals surface area contributed by atoms with Gasteiger partial charge in [-0.15, -0.1) is 23.2 Å². The van der Waals surface area contributed by atoms with E-state index in [0.29, 0.717) is 6.42 Å². The molecule has 2 unspecified atom stereocenters. The van der Waals surface area contributed by atoms with Gasteiger partial charge in [0.05, 0.1) is 0 Å². The van der Waals surface area contributed by atoms with E-state index < -0.39 is 11.3 Å². The van der Waals surface area contributed by atoms with Crippen LogP contribution in [0.25, 0.3) is 0 Å². The minimum atomic E-state index is -0.999. The van der Waals surface area contributed by atoms with Gasteiger partial charge in [0.15, 0.2) is 0 Å². The predicted molar refractivity (Wildman–Crippen MR) is 41.8 cm³/mol. The van der Waals surface area contributed by atoms with E-state index in [0.717, 1.165) is 6.42 Å². The summed E-state index contributed by atoms with van der Waals surface area (Å²) in [5.41, 5.74) is 0. The van der Waals surface area contributed by atoms with Crippen LogP contribution in [0.3, 0.4) is 0 Å². The first kappa shape index (κ1) is 10.0. The minimum Gasteiger partial charge on any atom is -0.480 e. The first-order valence-corrected chi connectivity index (χ1v) is 3.96. The lowest BCUT2D eigenvalue weighted by Crippen LogP contribution is -2.17. The van der Waals surface area contributed by atoms with E-state index in [4.69, 9.17) is 28.3 Å². The average Bonchev–Trinajstić information content (AvgIpc) is 1.87. The number of halogens is 2. The summed E-state index contributed by atoms with van der Waals surface area (Å²) in [6.45, 7) is 1.89. The molecule has 0 aromatic carbocycles. The average molecular weight is 185 g/mol. The van der Waals surface area contributed by atoms with Gasteiger partial charge in [0, 0.05) is 5.38 Å². The molecule has 0 radical (unpaired) electrons. The maximum Gasteiger partial charge on any atom is 0.321 e. The van der Waals surface area contributed by atoms with E-state index in [9.17, 15) is 4.79 Å². The number of aliphatic carboxylic acids is 1. The van der Waals surface area contributed by atoms with E-state index in [2.05, 4.69) is 0 Å². The molecule has 2 nitrogen and oxygen atoms in total. The Morgan fingerprint density at radius 2 is 2.10 bits per heavy atom. The number of hydrogen-bond donors (Lipinski definition) is 1. The van der Waals surface area contributed by atoms with Gasteiger partial charge in [0.25, 0.3) is 0 Å². The third-order valence-corrected chi connectivity index (χ3v) is 2.03. The van der Waals surface area contributed by atoms with E-state index in [1.54, 1.807) is 0 Å². The minimum absolute atomic E-state index is 0.126. The lowest BCUT2D eigenvalue weighted by molar-refractivity contribution is -0.136. The summed E-state index contributed by atoms with van der Waals surface area (Å²) < 4.78 is 0. The molecule has 4 heteroatoms. The van der Waals surface area contributed by atoms with Crippen molar-refractivity contribution in [3.05, 3.63) is 0 Å². The number of carboxylic acids is 1. The maximum atomic E-state index is 10.2. The molecule has 0 amide bonds. The van der Waals surface area contributed by atoms with Gasteiger partial charge >= 0.3 is 5.97 Å². The molecule has 0 aliphatic rings. The zero-order valence-electron chi connectivity index (χ0n) is 5.68. The van der Waals surface area contributed by atoms with Crippen LogP contribution in [0.15, 0.2) is 0 Å². The second-order valence-corrected chi connectivity index (χ2v) is 3.19. The summed E-state index contributed by atoms with van der Waals surface area (Å²) in [5, 5.41) is 7.36. The van der Waals surface area contributed by atoms with Gasteiger partial charge in [0.1, 0.15) is 5.38 Å². The number of alkyl halides is 2. The van der Waals surface area contributed by atoms with Crippen LogP contribution in [0.1, 0.15) is 19.8 Å². The van der Waals surface area contributed by atoms with Crippen LogP contribution in [-0.4, -0.2) is 21.8 Å². The number of carboxylic acid groups (broad SMARTS) is 1. The summed E-state index contributed by atoms with van der Waals surface area (Å²) >= 11 is 11.1. The van der Waals surface area contributed by atoms with Crippen molar-refractivity contribution in [3.8, 4) is 0 Å².